The van der Waals surface area contributed by atoms with E-state index >= 15 is 0 Å². The molecule has 2 amide bonds. The Morgan fingerprint density at radius 3 is 2.60 bits per heavy atom. The van der Waals surface area contributed by atoms with Gasteiger partial charge < -0.3 is 15.0 Å². The maximum Gasteiger partial charge on any atom is 0.276 e. The first-order valence-electron chi connectivity index (χ1n) is 7.77. The van der Waals surface area contributed by atoms with Crippen molar-refractivity contribution in [3.8, 4) is 5.75 Å². The number of nitrogens with zero attached hydrogens (tertiary/aromatic N) is 3. The summed E-state index contributed by atoms with van der Waals surface area (Å²) in [7, 11) is 3.21. The predicted octanol–water partition coefficient (Wildman–Crippen LogP) is 2.32. The molecule has 1 heterocycles. The molecular formula is C17H21FN4O3. The smallest absolute Gasteiger partial charge is 0.276 e. The van der Waals surface area contributed by atoms with E-state index in [2.05, 4.69) is 10.4 Å². The Labute approximate surface area is 145 Å². The molecule has 2 aromatic rings. The lowest BCUT2D eigenvalue weighted by atomic mass is 10.2. The highest BCUT2D eigenvalue weighted by molar-refractivity contribution is 6.02. The number of carbonyl (C=O) groups excluding carboxylic acids is 2. The van der Waals surface area contributed by atoms with Gasteiger partial charge in [-0.2, -0.15) is 5.10 Å². The fraction of sp³-hybridized carbons (Fsp3) is 0.353. The van der Waals surface area contributed by atoms with Gasteiger partial charge in [-0.3, -0.25) is 14.3 Å². The van der Waals surface area contributed by atoms with Crippen LogP contribution in [-0.4, -0.2) is 47.2 Å². The number of carbonyl (C=O) groups is 2. The number of hydrogen-bond acceptors (Lipinski definition) is 4. The van der Waals surface area contributed by atoms with E-state index in [1.807, 2.05) is 13.8 Å². The summed E-state index contributed by atoms with van der Waals surface area (Å²) < 4.78 is 21.0. The molecule has 0 saturated heterocycles. The number of nitrogens with one attached hydrogen (secondary N) is 1. The minimum absolute atomic E-state index is 0.00961. The molecule has 0 atom stereocenters. The summed E-state index contributed by atoms with van der Waals surface area (Å²) in [5.41, 5.74) is 0.209. The monoisotopic (exact) mass is 348 g/mol. The van der Waals surface area contributed by atoms with Crippen molar-refractivity contribution >= 4 is 17.5 Å². The van der Waals surface area contributed by atoms with Gasteiger partial charge in [-0.25, -0.2) is 4.39 Å². The number of likely N-dealkylation sites (N-methyl/N-ethyl adjacent to an activating group) is 1. The second kappa shape index (κ2) is 7.78. The Bertz CT molecular complexity index is 771. The van der Waals surface area contributed by atoms with Crippen LogP contribution in [0.5, 0.6) is 5.75 Å². The van der Waals surface area contributed by atoms with E-state index < -0.39 is 11.7 Å². The van der Waals surface area contributed by atoms with Crippen molar-refractivity contribution in [3.63, 3.8) is 0 Å². The van der Waals surface area contributed by atoms with Crippen LogP contribution in [0.4, 0.5) is 10.1 Å². The van der Waals surface area contributed by atoms with E-state index in [0.717, 1.165) is 6.07 Å². The largest absolute Gasteiger partial charge is 0.484 e. The molecule has 1 aromatic heterocycles. The van der Waals surface area contributed by atoms with Gasteiger partial charge in [0.2, 0.25) is 0 Å². The zero-order valence-corrected chi connectivity index (χ0v) is 14.6. The average molecular weight is 348 g/mol. The predicted molar refractivity (Wildman–Crippen MR) is 91.2 cm³/mol. The molecule has 0 aliphatic carbocycles. The van der Waals surface area contributed by atoms with Crippen molar-refractivity contribution in [1.29, 1.82) is 0 Å². The van der Waals surface area contributed by atoms with Crippen LogP contribution in [0.1, 0.15) is 30.4 Å². The maximum absolute atomic E-state index is 14.1. The molecule has 0 aliphatic rings. The van der Waals surface area contributed by atoms with Crippen LogP contribution in [0.2, 0.25) is 0 Å². The summed E-state index contributed by atoms with van der Waals surface area (Å²) in [6, 6.07) is 5.67. The summed E-state index contributed by atoms with van der Waals surface area (Å²) in [5.74, 6) is -1.20. The maximum atomic E-state index is 14.1. The number of aromatic nitrogens is 2. The van der Waals surface area contributed by atoms with E-state index in [1.54, 1.807) is 31.0 Å². The third-order valence-corrected chi connectivity index (χ3v) is 3.42. The van der Waals surface area contributed by atoms with E-state index in [-0.39, 0.29) is 35.7 Å². The standard InChI is InChI=1S/C17H21FN4O3/c1-11(2)22-8-7-15(20-22)17(24)19-14-6-5-12(9-13(14)18)25-10-16(23)21(3)4/h5-9,11H,10H2,1-4H3,(H,19,24). The summed E-state index contributed by atoms with van der Waals surface area (Å²) in [4.78, 5) is 25.0. The molecule has 0 bridgehead atoms. The normalized spacial score (nSPS) is 10.6. The summed E-state index contributed by atoms with van der Waals surface area (Å²) in [5, 5.41) is 6.60. The van der Waals surface area contributed by atoms with E-state index in [1.165, 1.54) is 17.0 Å². The topological polar surface area (TPSA) is 76.5 Å². The number of hydrogen-bond donors (Lipinski definition) is 1. The first-order chi connectivity index (χ1) is 11.8. The molecule has 0 unspecified atom stereocenters. The van der Waals surface area contributed by atoms with Crippen LogP contribution >= 0.6 is 0 Å². The summed E-state index contributed by atoms with van der Waals surface area (Å²) in [6.45, 7) is 3.69. The fourth-order valence-electron chi connectivity index (χ4n) is 1.89. The minimum atomic E-state index is -0.661. The number of halogens is 1. The average Bonchev–Trinajstić information content (AvgIpc) is 3.05. The lowest BCUT2D eigenvalue weighted by Crippen LogP contribution is -2.27. The Kier molecular flexibility index (Phi) is 5.74. The molecule has 0 radical (unpaired) electrons. The van der Waals surface area contributed by atoms with Crippen molar-refractivity contribution in [2.24, 2.45) is 0 Å². The van der Waals surface area contributed by atoms with Crippen LogP contribution in [-0.2, 0) is 4.79 Å². The highest BCUT2D eigenvalue weighted by Crippen LogP contribution is 2.21. The van der Waals surface area contributed by atoms with Crippen molar-refractivity contribution in [1.82, 2.24) is 14.7 Å². The van der Waals surface area contributed by atoms with E-state index in [0.29, 0.717) is 0 Å². The van der Waals surface area contributed by atoms with Crippen LogP contribution in [0.3, 0.4) is 0 Å². The van der Waals surface area contributed by atoms with Crippen LogP contribution in [0, 0.1) is 5.82 Å². The number of ether oxygens (including phenoxy) is 1. The van der Waals surface area contributed by atoms with Gasteiger partial charge in [0.25, 0.3) is 11.8 Å². The molecule has 134 valence electrons. The molecule has 1 aromatic carbocycles. The van der Waals surface area contributed by atoms with Gasteiger partial charge in [0, 0.05) is 32.4 Å². The molecule has 2 rings (SSSR count). The van der Waals surface area contributed by atoms with Gasteiger partial charge in [-0.1, -0.05) is 0 Å². The molecule has 0 aliphatic heterocycles. The Balaban J connectivity index is 2.02. The third-order valence-electron chi connectivity index (χ3n) is 3.42. The van der Waals surface area contributed by atoms with Crippen molar-refractivity contribution in [2.75, 3.05) is 26.0 Å². The van der Waals surface area contributed by atoms with Gasteiger partial charge >= 0.3 is 0 Å². The van der Waals surface area contributed by atoms with Crippen LogP contribution in [0.25, 0.3) is 0 Å². The molecule has 7 nitrogen and oxygen atoms in total. The fourth-order valence-corrected chi connectivity index (χ4v) is 1.89. The number of amides is 2. The van der Waals surface area contributed by atoms with Gasteiger partial charge in [-0.05, 0) is 32.0 Å². The second-order valence-corrected chi connectivity index (χ2v) is 5.95. The molecule has 25 heavy (non-hydrogen) atoms. The van der Waals surface area contributed by atoms with Gasteiger partial charge in [0.15, 0.2) is 12.3 Å². The highest BCUT2D eigenvalue weighted by Gasteiger charge is 2.14. The molecule has 0 saturated carbocycles. The summed E-state index contributed by atoms with van der Waals surface area (Å²) >= 11 is 0. The molecule has 0 spiro atoms. The zero-order valence-electron chi connectivity index (χ0n) is 14.6. The summed E-state index contributed by atoms with van der Waals surface area (Å²) in [6.07, 6.45) is 1.69. The quantitative estimate of drug-likeness (QED) is 0.869. The van der Waals surface area contributed by atoms with Gasteiger partial charge in [-0.15, -0.1) is 0 Å². The number of anilines is 1. The third kappa shape index (κ3) is 4.79. The van der Waals surface area contributed by atoms with Gasteiger partial charge in [0.05, 0.1) is 5.69 Å². The lowest BCUT2D eigenvalue weighted by molar-refractivity contribution is -0.130. The first kappa shape index (κ1) is 18.4. The number of benzene rings is 1. The Morgan fingerprint density at radius 1 is 1.32 bits per heavy atom. The second-order valence-electron chi connectivity index (χ2n) is 5.95. The Morgan fingerprint density at radius 2 is 2.04 bits per heavy atom. The highest BCUT2D eigenvalue weighted by atomic mass is 19.1. The number of rotatable bonds is 6. The first-order valence-corrected chi connectivity index (χ1v) is 7.77. The van der Waals surface area contributed by atoms with Gasteiger partial charge in [0.1, 0.15) is 11.6 Å². The molecular weight excluding hydrogens is 327 g/mol. The van der Waals surface area contributed by atoms with Crippen molar-refractivity contribution < 1.29 is 18.7 Å². The molecule has 0 fully saturated rings. The molecule has 8 heteroatoms. The lowest BCUT2D eigenvalue weighted by Gasteiger charge is -2.12. The van der Waals surface area contributed by atoms with Crippen molar-refractivity contribution in [2.45, 2.75) is 19.9 Å². The molecule has 1 N–H and O–H groups in total. The van der Waals surface area contributed by atoms with Crippen LogP contribution < -0.4 is 10.1 Å². The Hall–Kier alpha value is -2.90. The zero-order chi connectivity index (χ0) is 18.6. The van der Waals surface area contributed by atoms with E-state index in [4.69, 9.17) is 4.74 Å². The van der Waals surface area contributed by atoms with Crippen LogP contribution in [0.15, 0.2) is 30.5 Å². The van der Waals surface area contributed by atoms with E-state index in [9.17, 15) is 14.0 Å². The minimum Gasteiger partial charge on any atom is -0.484 e. The van der Waals surface area contributed by atoms with Crippen molar-refractivity contribution in [3.05, 3.63) is 42.0 Å². The SMILES string of the molecule is CC(C)n1ccc(C(=O)Nc2ccc(OCC(=O)N(C)C)cc2F)n1.